The molecule has 0 unspecified atom stereocenters. The molecule has 1 amide bonds. The predicted octanol–water partition coefficient (Wildman–Crippen LogP) is 3.50. The number of ether oxygens (including phenoxy) is 2. The highest BCUT2D eigenvalue weighted by Gasteiger charge is 2.15. The molecule has 8 heteroatoms. The molecule has 30 heavy (non-hydrogen) atoms. The van der Waals surface area contributed by atoms with E-state index in [4.69, 9.17) is 9.47 Å². The topological polar surface area (TPSA) is 68.6 Å². The summed E-state index contributed by atoms with van der Waals surface area (Å²) in [5.74, 6) is 0.664. The third kappa shape index (κ3) is 5.08. The standard InChI is InChI=1S/C22H26N4O3S/c1-25-19(7-8-23-25)18-16-17(24-22(27)21-4-2-15-30-21)5-6-20(18)29-14-11-26-9-3-12-28-13-10-26/h2,4-8,15-16H,3,9-14H2,1H3,(H,24,27). The van der Waals surface area contributed by atoms with Gasteiger partial charge in [-0.15, -0.1) is 11.3 Å². The number of anilines is 1. The Morgan fingerprint density at radius 3 is 3.00 bits per heavy atom. The summed E-state index contributed by atoms with van der Waals surface area (Å²) in [6.07, 6.45) is 2.81. The molecule has 1 fully saturated rings. The molecule has 0 bridgehead atoms. The molecular formula is C22H26N4O3S. The Bertz CT molecular complexity index is 963. The van der Waals surface area contributed by atoms with Crippen molar-refractivity contribution in [1.82, 2.24) is 14.7 Å². The summed E-state index contributed by atoms with van der Waals surface area (Å²) in [4.78, 5) is 15.5. The number of amides is 1. The number of hydrogen-bond donors (Lipinski definition) is 1. The quantitative estimate of drug-likeness (QED) is 0.626. The van der Waals surface area contributed by atoms with Gasteiger partial charge in [0.25, 0.3) is 5.91 Å². The van der Waals surface area contributed by atoms with Crippen LogP contribution in [-0.4, -0.2) is 60.0 Å². The number of nitrogens with one attached hydrogen (secondary N) is 1. The zero-order chi connectivity index (χ0) is 20.8. The molecule has 158 valence electrons. The number of hydrogen-bond acceptors (Lipinski definition) is 6. The minimum Gasteiger partial charge on any atom is -0.492 e. The molecule has 3 heterocycles. The lowest BCUT2D eigenvalue weighted by molar-refractivity contribution is 0.103. The molecule has 4 rings (SSSR count). The highest BCUT2D eigenvalue weighted by molar-refractivity contribution is 7.12. The van der Waals surface area contributed by atoms with E-state index in [0.717, 1.165) is 62.0 Å². The lowest BCUT2D eigenvalue weighted by Crippen LogP contribution is -2.30. The second-order valence-corrected chi connectivity index (χ2v) is 8.09. The molecular weight excluding hydrogens is 400 g/mol. The molecule has 1 aliphatic heterocycles. The lowest BCUT2D eigenvalue weighted by atomic mass is 10.1. The van der Waals surface area contributed by atoms with Gasteiger partial charge in [-0.05, 0) is 42.1 Å². The highest BCUT2D eigenvalue weighted by atomic mass is 32.1. The maximum atomic E-state index is 12.4. The summed E-state index contributed by atoms with van der Waals surface area (Å²) in [6, 6.07) is 11.4. The fourth-order valence-corrected chi connectivity index (χ4v) is 4.10. The van der Waals surface area contributed by atoms with E-state index in [1.54, 1.807) is 10.9 Å². The van der Waals surface area contributed by atoms with Gasteiger partial charge in [-0.1, -0.05) is 6.07 Å². The van der Waals surface area contributed by atoms with Crippen molar-refractivity contribution in [3.05, 3.63) is 52.9 Å². The molecule has 0 radical (unpaired) electrons. The van der Waals surface area contributed by atoms with E-state index in [2.05, 4.69) is 15.3 Å². The number of rotatable bonds is 7. The molecule has 1 saturated heterocycles. The maximum Gasteiger partial charge on any atom is 0.265 e. The summed E-state index contributed by atoms with van der Waals surface area (Å²) in [5.41, 5.74) is 2.56. The van der Waals surface area contributed by atoms with Crippen LogP contribution in [-0.2, 0) is 11.8 Å². The number of thiophene rings is 1. The van der Waals surface area contributed by atoms with E-state index in [1.807, 2.05) is 48.8 Å². The smallest absolute Gasteiger partial charge is 0.265 e. The minimum absolute atomic E-state index is 0.113. The number of nitrogens with zero attached hydrogens (tertiary/aromatic N) is 3. The SMILES string of the molecule is Cn1nccc1-c1cc(NC(=O)c2cccs2)ccc1OCCN1CCCOCC1. The van der Waals surface area contributed by atoms with Crippen LogP contribution in [0.25, 0.3) is 11.3 Å². The summed E-state index contributed by atoms with van der Waals surface area (Å²) >= 11 is 1.42. The lowest BCUT2D eigenvalue weighted by Gasteiger charge is -2.20. The van der Waals surface area contributed by atoms with Crippen molar-refractivity contribution in [2.24, 2.45) is 7.05 Å². The summed E-state index contributed by atoms with van der Waals surface area (Å²) in [5, 5.41) is 9.15. The molecule has 1 aliphatic rings. The van der Waals surface area contributed by atoms with Crippen LogP contribution in [0.1, 0.15) is 16.1 Å². The molecule has 0 saturated carbocycles. The highest BCUT2D eigenvalue weighted by Crippen LogP contribution is 2.32. The van der Waals surface area contributed by atoms with E-state index in [9.17, 15) is 4.79 Å². The molecule has 2 aromatic heterocycles. The van der Waals surface area contributed by atoms with Gasteiger partial charge in [0, 0.05) is 50.7 Å². The average Bonchev–Trinajstić information content (AvgIpc) is 3.36. The first-order valence-corrected chi connectivity index (χ1v) is 11.0. The number of carbonyl (C=O) groups excluding carboxylic acids is 1. The fourth-order valence-electron chi connectivity index (χ4n) is 3.48. The Morgan fingerprint density at radius 1 is 1.27 bits per heavy atom. The van der Waals surface area contributed by atoms with Gasteiger partial charge in [-0.2, -0.15) is 5.10 Å². The third-order valence-corrected chi connectivity index (χ3v) is 5.93. The van der Waals surface area contributed by atoms with Crippen molar-refractivity contribution in [3.63, 3.8) is 0 Å². The Labute approximate surface area is 180 Å². The van der Waals surface area contributed by atoms with Crippen molar-refractivity contribution in [1.29, 1.82) is 0 Å². The molecule has 3 aromatic rings. The third-order valence-electron chi connectivity index (χ3n) is 5.06. The molecule has 7 nitrogen and oxygen atoms in total. The van der Waals surface area contributed by atoms with Crippen molar-refractivity contribution in [3.8, 4) is 17.0 Å². The number of carbonyl (C=O) groups is 1. The van der Waals surface area contributed by atoms with Crippen LogP contribution in [0.2, 0.25) is 0 Å². The molecule has 0 aliphatic carbocycles. The van der Waals surface area contributed by atoms with Crippen LogP contribution in [0, 0.1) is 0 Å². The molecule has 1 aromatic carbocycles. The predicted molar refractivity (Wildman–Crippen MR) is 118 cm³/mol. The van der Waals surface area contributed by atoms with Crippen molar-refractivity contribution < 1.29 is 14.3 Å². The first-order chi connectivity index (χ1) is 14.7. The zero-order valence-electron chi connectivity index (χ0n) is 17.0. The largest absolute Gasteiger partial charge is 0.492 e. The summed E-state index contributed by atoms with van der Waals surface area (Å²) < 4.78 is 13.5. The maximum absolute atomic E-state index is 12.4. The minimum atomic E-state index is -0.113. The number of benzene rings is 1. The van der Waals surface area contributed by atoms with Gasteiger partial charge in [0.05, 0.1) is 17.2 Å². The summed E-state index contributed by atoms with van der Waals surface area (Å²) in [7, 11) is 1.90. The second kappa shape index (κ2) is 9.88. The Balaban J connectivity index is 1.49. The van der Waals surface area contributed by atoms with Gasteiger partial charge in [0.15, 0.2) is 0 Å². The van der Waals surface area contributed by atoms with Gasteiger partial charge in [0.2, 0.25) is 0 Å². The number of aromatic nitrogens is 2. The number of aryl methyl sites for hydroxylation is 1. The molecule has 0 atom stereocenters. The normalized spacial score (nSPS) is 15.0. The van der Waals surface area contributed by atoms with Gasteiger partial charge < -0.3 is 14.8 Å². The van der Waals surface area contributed by atoms with Crippen LogP contribution in [0.15, 0.2) is 48.0 Å². The molecule has 0 spiro atoms. The summed E-state index contributed by atoms with van der Waals surface area (Å²) in [6.45, 7) is 5.02. The first-order valence-electron chi connectivity index (χ1n) is 10.1. The first kappa shape index (κ1) is 20.6. The monoisotopic (exact) mass is 426 g/mol. The van der Waals surface area contributed by atoms with Crippen LogP contribution in [0.5, 0.6) is 5.75 Å². The second-order valence-electron chi connectivity index (χ2n) is 7.14. The van der Waals surface area contributed by atoms with Gasteiger partial charge in [-0.3, -0.25) is 14.4 Å². The average molecular weight is 427 g/mol. The van der Waals surface area contributed by atoms with Crippen molar-refractivity contribution >= 4 is 22.9 Å². The Hall–Kier alpha value is -2.68. The Kier molecular flexibility index (Phi) is 6.78. The van der Waals surface area contributed by atoms with Gasteiger partial charge in [0.1, 0.15) is 12.4 Å². The van der Waals surface area contributed by atoms with Crippen LogP contribution in [0.3, 0.4) is 0 Å². The van der Waals surface area contributed by atoms with Gasteiger partial charge >= 0.3 is 0 Å². The van der Waals surface area contributed by atoms with E-state index in [0.29, 0.717) is 11.5 Å². The molecule has 1 N–H and O–H groups in total. The Morgan fingerprint density at radius 2 is 2.20 bits per heavy atom. The van der Waals surface area contributed by atoms with Gasteiger partial charge in [-0.25, -0.2) is 0 Å². The zero-order valence-corrected chi connectivity index (χ0v) is 17.9. The van der Waals surface area contributed by atoms with E-state index >= 15 is 0 Å². The van der Waals surface area contributed by atoms with E-state index in [1.165, 1.54) is 11.3 Å². The van der Waals surface area contributed by atoms with E-state index in [-0.39, 0.29) is 5.91 Å². The van der Waals surface area contributed by atoms with E-state index < -0.39 is 0 Å². The van der Waals surface area contributed by atoms with Crippen LogP contribution in [0.4, 0.5) is 5.69 Å². The fraction of sp³-hybridized carbons (Fsp3) is 0.364. The van der Waals surface area contributed by atoms with Crippen molar-refractivity contribution in [2.45, 2.75) is 6.42 Å². The van der Waals surface area contributed by atoms with Crippen molar-refractivity contribution in [2.75, 3.05) is 44.8 Å². The van der Waals surface area contributed by atoms with Crippen LogP contribution >= 0.6 is 11.3 Å². The van der Waals surface area contributed by atoms with Crippen LogP contribution < -0.4 is 10.1 Å².